The molecular formula is C18H18IN3OS. The first-order valence-corrected chi connectivity index (χ1v) is 9.77. The highest BCUT2D eigenvalue weighted by Crippen LogP contribution is 2.24. The Morgan fingerprint density at radius 1 is 0.917 bits per heavy atom. The van der Waals surface area contributed by atoms with Gasteiger partial charge in [-0.3, -0.25) is 0 Å². The second-order valence-electron chi connectivity index (χ2n) is 5.20. The molecule has 0 saturated heterocycles. The van der Waals surface area contributed by atoms with Crippen molar-refractivity contribution in [1.82, 2.24) is 15.0 Å². The van der Waals surface area contributed by atoms with Crippen molar-refractivity contribution < 1.29 is 4.74 Å². The molecule has 0 aliphatic carbocycles. The first kappa shape index (κ1) is 17.4. The fourth-order valence-corrected chi connectivity index (χ4v) is 3.77. The van der Waals surface area contributed by atoms with E-state index in [9.17, 15) is 0 Å². The Bertz CT molecular complexity index is 749. The fourth-order valence-electron chi connectivity index (χ4n) is 2.14. The van der Waals surface area contributed by atoms with Gasteiger partial charge in [0.1, 0.15) is 0 Å². The molecule has 2 aromatic carbocycles. The monoisotopic (exact) mass is 451 g/mol. The molecule has 6 heteroatoms. The summed E-state index contributed by atoms with van der Waals surface area (Å²) in [6.07, 6.45) is 0. The second kappa shape index (κ2) is 9.19. The van der Waals surface area contributed by atoms with E-state index in [0.29, 0.717) is 19.8 Å². The Labute approximate surface area is 159 Å². The molecule has 4 nitrogen and oxygen atoms in total. The summed E-state index contributed by atoms with van der Waals surface area (Å²) in [7, 11) is 0. The molecule has 24 heavy (non-hydrogen) atoms. The number of hydrogen-bond acceptors (Lipinski definition) is 4. The van der Waals surface area contributed by atoms with Gasteiger partial charge in [-0.1, -0.05) is 72.4 Å². The van der Waals surface area contributed by atoms with E-state index < -0.39 is 0 Å². The van der Waals surface area contributed by atoms with Gasteiger partial charge in [0.15, 0.2) is 8.73 Å². The Hall–Kier alpha value is -1.38. The molecule has 0 atom stereocenters. The standard InChI is InChI=1S/C18H18IN3OS/c19-17-18(24-14-16-9-5-2-6-10-16)21-22(20-17)11-12-23-13-15-7-3-1-4-8-15/h1-10H,11-14H2. The lowest BCUT2D eigenvalue weighted by Gasteiger charge is -2.03. The third-order valence-corrected chi connectivity index (χ3v) is 5.47. The molecule has 3 aromatic rings. The van der Waals surface area contributed by atoms with E-state index in [4.69, 9.17) is 4.74 Å². The predicted molar refractivity (Wildman–Crippen MR) is 105 cm³/mol. The van der Waals surface area contributed by atoms with Crippen LogP contribution in [-0.4, -0.2) is 21.6 Å². The van der Waals surface area contributed by atoms with Gasteiger partial charge in [-0.25, -0.2) is 0 Å². The second-order valence-corrected chi connectivity index (χ2v) is 7.19. The summed E-state index contributed by atoms with van der Waals surface area (Å²) < 4.78 is 6.63. The van der Waals surface area contributed by atoms with E-state index in [-0.39, 0.29) is 0 Å². The molecule has 3 rings (SSSR count). The summed E-state index contributed by atoms with van der Waals surface area (Å²) >= 11 is 3.95. The summed E-state index contributed by atoms with van der Waals surface area (Å²) in [5.74, 6) is 0.903. The molecule has 1 heterocycles. The minimum Gasteiger partial charge on any atom is -0.375 e. The largest absolute Gasteiger partial charge is 0.375 e. The van der Waals surface area contributed by atoms with Gasteiger partial charge in [-0.05, 0) is 33.7 Å². The zero-order chi connectivity index (χ0) is 16.6. The zero-order valence-corrected chi connectivity index (χ0v) is 16.1. The van der Waals surface area contributed by atoms with E-state index in [1.54, 1.807) is 16.6 Å². The third-order valence-electron chi connectivity index (χ3n) is 3.35. The molecule has 0 saturated carbocycles. The summed E-state index contributed by atoms with van der Waals surface area (Å²) in [6.45, 7) is 1.88. The minimum atomic E-state index is 0.600. The Morgan fingerprint density at radius 2 is 1.58 bits per heavy atom. The quantitative estimate of drug-likeness (QED) is 0.289. The summed E-state index contributed by atoms with van der Waals surface area (Å²) in [4.78, 5) is 1.72. The number of nitrogens with zero attached hydrogens (tertiary/aromatic N) is 3. The molecule has 124 valence electrons. The van der Waals surface area contributed by atoms with Crippen molar-refractivity contribution in [2.45, 2.75) is 23.9 Å². The molecule has 0 bridgehead atoms. The smallest absolute Gasteiger partial charge is 0.157 e. The number of aromatic nitrogens is 3. The molecule has 1 aromatic heterocycles. The van der Waals surface area contributed by atoms with Crippen molar-refractivity contribution in [3.63, 3.8) is 0 Å². The van der Waals surface area contributed by atoms with Crippen LogP contribution in [0.25, 0.3) is 0 Å². The molecule has 0 radical (unpaired) electrons. The van der Waals surface area contributed by atoms with Crippen molar-refractivity contribution in [1.29, 1.82) is 0 Å². The van der Waals surface area contributed by atoms with Crippen molar-refractivity contribution in [2.75, 3.05) is 6.61 Å². The lowest BCUT2D eigenvalue weighted by Crippen LogP contribution is -2.09. The maximum absolute atomic E-state index is 5.69. The van der Waals surface area contributed by atoms with Crippen molar-refractivity contribution >= 4 is 34.4 Å². The highest BCUT2D eigenvalue weighted by Gasteiger charge is 2.09. The van der Waals surface area contributed by atoms with Gasteiger partial charge < -0.3 is 4.74 Å². The average Bonchev–Trinajstić information content (AvgIpc) is 2.98. The van der Waals surface area contributed by atoms with Crippen LogP contribution in [0.3, 0.4) is 0 Å². The predicted octanol–water partition coefficient (Wildman–Crippen LogP) is 4.39. The number of rotatable bonds is 8. The van der Waals surface area contributed by atoms with E-state index in [0.717, 1.165) is 14.5 Å². The molecule has 0 spiro atoms. The molecule has 0 amide bonds. The van der Waals surface area contributed by atoms with Crippen LogP contribution in [0.2, 0.25) is 0 Å². The molecule has 0 N–H and O–H groups in total. The highest BCUT2D eigenvalue weighted by molar-refractivity contribution is 14.1. The number of hydrogen-bond donors (Lipinski definition) is 0. The van der Waals surface area contributed by atoms with Gasteiger partial charge in [0.05, 0.1) is 19.8 Å². The third kappa shape index (κ3) is 5.32. The van der Waals surface area contributed by atoms with Gasteiger partial charge >= 0.3 is 0 Å². The number of benzene rings is 2. The van der Waals surface area contributed by atoms with Crippen LogP contribution in [0.1, 0.15) is 11.1 Å². The van der Waals surface area contributed by atoms with E-state index in [2.05, 4.69) is 69.2 Å². The summed E-state index contributed by atoms with van der Waals surface area (Å²) in [5.41, 5.74) is 2.47. The van der Waals surface area contributed by atoms with E-state index in [1.165, 1.54) is 11.1 Å². The number of thioether (sulfide) groups is 1. The molecular weight excluding hydrogens is 433 g/mol. The van der Waals surface area contributed by atoms with Crippen LogP contribution in [0.4, 0.5) is 0 Å². The van der Waals surface area contributed by atoms with Gasteiger partial charge in [-0.15, -0.1) is 10.2 Å². The molecule has 0 aliphatic rings. The topological polar surface area (TPSA) is 39.9 Å². The first-order valence-electron chi connectivity index (χ1n) is 7.70. The number of ether oxygens (including phenoxy) is 1. The van der Waals surface area contributed by atoms with Gasteiger partial charge in [0.25, 0.3) is 0 Å². The van der Waals surface area contributed by atoms with Crippen molar-refractivity contribution in [2.24, 2.45) is 0 Å². The Kier molecular flexibility index (Phi) is 6.68. The maximum atomic E-state index is 5.69. The average molecular weight is 451 g/mol. The highest BCUT2D eigenvalue weighted by atomic mass is 127. The molecule has 0 aliphatic heterocycles. The Balaban J connectivity index is 1.45. The lowest BCUT2D eigenvalue weighted by atomic mass is 10.2. The molecule has 0 fully saturated rings. The number of halogens is 1. The van der Waals surface area contributed by atoms with E-state index in [1.807, 2.05) is 24.3 Å². The zero-order valence-electron chi connectivity index (χ0n) is 13.1. The van der Waals surface area contributed by atoms with Gasteiger partial charge in [0.2, 0.25) is 0 Å². The lowest BCUT2D eigenvalue weighted by molar-refractivity contribution is 0.107. The fraction of sp³-hybridized carbons (Fsp3) is 0.222. The first-order chi connectivity index (χ1) is 11.8. The van der Waals surface area contributed by atoms with Gasteiger partial charge in [-0.2, -0.15) is 4.80 Å². The Morgan fingerprint density at radius 3 is 2.29 bits per heavy atom. The van der Waals surface area contributed by atoms with Crippen LogP contribution in [-0.2, 0) is 23.6 Å². The summed E-state index contributed by atoms with van der Waals surface area (Å²) in [6, 6.07) is 20.6. The minimum absolute atomic E-state index is 0.600. The van der Waals surface area contributed by atoms with Crippen LogP contribution in [0.15, 0.2) is 65.7 Å². The maximum Gasteiger partial charge on any atom is 0.157 e. The van der Waals surface area contributed by atoms with E-state index >= 15 is 0 Å². The van der Waals surface area contributed by atoms with Crippen LogP contribution < -0.4 is 0 Å². The van der Waals surface area contributed by atoms with Crippen molar-refractivity contribution in [3.05, 3.63) is 75.5 Å². The van der Waals surface area contributed by atoms with Crippen LogP contribution in [0, 0.1) is 3.70 Å². The van der Waals surface area contributed by atoms with Crippen LogP contribution >= 0.6 is 34.4 Å². The summed E-state index contributed by atoms with van der Waals surface area (Å²) in [5, 5.41) is 9.98. The normalized spacial score (nSPS) is 10.9. The van der Waals surface area contributed by atoms with Crippen LogP contribution in [0.5, 0.6) is 0 Å². The van der Waals surface area contributed by atoms with Gasteiger partial charge in [0, 0.05) is 5.75 Å². The SMILES string of the molecule is Ic1nn(CCOCc2ccccc2)nc1SCc1ccccc1. The molecule has 0 unspecified atom stereocenters. The van der Waals surface area contributed by atoms with Crippen molar-refractivity contribution in [3.8, 4) is 0 Å².